The third kappa shape index (κ3) is 3.02. The molecule has 1 aliphatic rings. The standard InChI is InChI=1S/C18H22N2/c19-18-10-4-9-16-14-20(13-11-17(16)18)12-5-8-15-6-2-1-3-7-15/h1-4,6-7,9-10H,5,8,11-14,19H2. The summed E-state index contributed by atoms with van der Waals surface area (Å²) in [6.07, 6.45) is 3.48. The zero-order chi connectivity index (χ0) is 13.8. The fourth-order valence-electron chi connectivity index (χ4n) is 3.04. The van der Waals surface area contributed by atoms with Gasteiger partial charge in [0.2, 0.25) is 0 Å². The Kier molecular flexibility index (Phi) is 4.03. The van der Waals surface area contributed by atoms with Crippen LogP contribution in [0, 0.1) is 0 Å². The predicted octanol–water partition coefficient (Wildman–Crippen LogP) is 3.26. The van der Waals surface area contributed by atoms with Gasteiger partial charge >= 0.3 is 0 Å². The lowest BCUT2D eigenvalue weighted by atomic mass is 9.97. The average molecular weight is 266 g/mol. The molecule has 1 heterocycles. The van der Waals surface area contributed by atoms with E-state index in [4.69, 9.17) is 5.73 Å². The highest BCUT2D eigenvalue weighted by Gasteiger charge is 2.17. The monoisotopic (exact) mass is 266 g/mol. The molecule has 2 heteroatoms. The van der Waals surface area contributed by atoms with Crippen molar-refractivity contribution < 1.29 is 0 Å². The lowest BCUT2D eigenvalue weighted by Crippen LogP contribution is -2.32. The third-order valence-electron chi connectivity index (χ3n) is 4.16. The van der Waals surface area contributed by atoms with Crippen LogP contribution < -0.4 is 5.73 Å². The summed E-state index contributed by atoms with van der Waals surface area (Å²) in [4.78, 5) is 2.55. The molecule has 20 heavy (non-hydrogen) atoms. The van der Waals surface area contributed by atoms with Gasteiger partial charge in [0.25, 0.3) is 0 Å². The summed E-state index contributed by atoms with van der Waals surface area (Å²) in [5.41, 5.74) is 11.2. The second-order valence-corrected chi connectivity index (χ2v) is 5.60. The smallest absolute Gasteiger partial charge is 0.0350 e. The second kappa shape index (κ2) is 6.10. The molecule has 0 unspecified atom stereocenters. The van der Waals surface area contributed by atoms with E-state index in [9.17, 15) is 0 Å². The number of fused-ring (bicyclic) bond motifs is 1. The first kappa shape index (κ1) is 13.2. The van der Waals surface area contributed by atoms with Gasteiger partial charge in [-0.15, -0.1) is 0 Å². The van der Waals surface area contributed by atoms with Gasteiger partial charge in [-0.05, 0) is 48.6 Å². The Balaban J connectivity index is 1.53. The quantitative estimate of drug-likeness (QED) is 0.861. The highest BCUT2D eigenvalue weighted by molar-refractivity contribution is 5.51. The van der Waals surface area contributed by atoms with Crippen molar-refractivity contribution in [3.8, 4) is 0 Å². The zero-order valence-corrected chi connectivity index (χ0v) is 11.9. The van der Waals surface area contributed by atoms with Gasteiger partial charge in [-0.25, -0.2) is 0 Å². The average Bonchev–Trinajstić information content (AvgIpc) is 2.48. The molecule has 0 amide bonds. The zero-order valence-electron chi connectivity index (χ0n) is 11.9. The van der Waals surface area contributed by atoms with Crippen molar-refractivity contribution in [3.63, 3.8) is 0 Å². The van der Waals surface area contributed by atoms with Crippen molar-refractivity contribution in [2.45, 2.75) is 25.8 Å². The number of nitrogens with two attached hydrogens (primary N) is 1. The Labute approximate surface area is 121 Å². The summed E-state index contributed by atoms with van der Waals surface area (Å²) in [5, 5.41) is 0. The number of hydrogen-bond acceptors (Lipinski definition) is 2. The van der Waals surface area contributed by atoms with Crippen LogP contribution in [0.3, 0.4) is 0 Å². The number of aryl methyl sites for hydroxylation is 1. The minimum atomic E-state index is 0.964. The molecule has 0 aliphatic carbocycles. The Morgan fingerprint density at radius 1 is 1.00 bits per heavy atom. The summed E-state index contributed by atoms with van der Waals surface area (Å²) in [6.45, 7) is 3.36. The van der Waals surface area contributed by atoms with E-state index in [-0.39, 0.29) is 0 Å². The van der Waals surface area contributed by atoms with Gasteiger partial charge < -0.3 is 5.73 Å². The molecule has 0 aromatic heterocycles. The van der Waals surface area contributed by atoms with Crippen molar-refractivity contribution in [3.05, 3.63) is 65.2 Å². The van der Waals surface area contributed by atoms with Crippen LogP contribution in [0.15, 0.2) is 48.5 Å². The molecule has 2 N–H and O–H groups in total. The van der Waals surface area contributed by atoms with Gasteiger partial charge in [0, 0.05) is 18.8 Å². The molecule has 0 bridgehead atoms. The van der Waals surface area contributed by atoms with Crippen molar-refractivity contribution >= 4 is 5.69 Å². The first-order chi connectivity index (χ1) is 9.83. The maximum Gasteiger partial charge on any atom is 0.0350 e. The topological polar surface area (TPSA) is 29.3 Å². The van der Waals surface area contributed by atoms with Crippen LogP contribution >= 0.6 is 0 Å². The lowest BCUT2D eigenvalue weighted by molar-refractivity contribution is 0.251. The number of nitrogen functional groups attached to an aromatic ring is 1. The minimum absolute atomic E-state index is 0.964. The van der Waals surface area contributed by atoms with E-state index in [1.54, 1.807) is 0 Å². The number of hydrogen-bond donors (Lipinski definition) is 1. The summed E-state index contributed by atoms with van der Waals surface area (Å²) in [7, 11) is 0. The SMILES string of the molecule is Nc1cccc2c1CCN(CCCc1ccccc1)C2. The Hall–Kier alpha value is -1.80. The van der Waals surface area contributed by atoms with E-state index in [0.29, 0.717) is 0 Å². The minimum Gasteiger partial charge on any atom is -0.398 e. The molecule has 0 atom stereocenters. The molecule has 0 saturated carbocycles. The summed E-state index contributed by atoms with van der Waals surface area (Å²) < 4.78 is 0. The highest BCUT2D eigenvalue weighted by Crippen LogP contribution is 2.24. The summed E-state index contributed by atoms with van der Waals surface area (Å²) in [6, 6.07) is 17.1. The third-order valence-corrected chi connectivity index (χ3v) is 4.16. The molecule has 0 fully saturated rings. The van der Waals surface area contributed by atoms with E-state index in [2.05, 4.69) is 47.4 Å². The Bertz CT molecular complexity index is 563. The Morgan fingerprint density at radius 3 is 2.70 bits per heavy atom. The van der Waals surface area contributed by atoms with Gasteiger partial charge in [0.1, 0.15) is 0 Å². The van der Waals surface area contributed by atoms with Crippen LogP contribution in [0.4, 0.5) is 5.69 Å². The van der Waals surface area contributed by atoms with E-state index in [1.165, 1.54) is 36.1 Å². The number of anilines is 1. The van der Waals surface area contributed by atoms with Gasteiger partial charge in [-0.2, -0.15) is 0 Å². The molecule has 2 aromatic carbocycles. The molecule has 2 nitrogen and oxygen atoms in total. The molecule has 0 saturated heterocycles. The number of benzene rings is 2. The van der Waals surface area contributed by atoms with Crippen LogP contribution in [-0.2, 0) is 19.4 Å². The van der Waals surface area contributed by atoms with Crippen molar-refractivity contribution in [1.29, 1.82) is 0 Å². The molecule has 0 radical (unpaired) electrons. The highest BCUT2D eigenvalue weighted by atomic mass is 15.1. The van der Waals surface area contributed by atoms with E-state index < -0.39 is 0 Å². The van der Waals surface area contributed by atoms with Crippen molar-refractivity contribution in [1.82, 2.24) is 4.90 Å². The maximum atomic E-state index is 6.04. The first-order valence-electron chi connectivity index (χ1n) is 7.45. The molecule has 104 valence electrons. The maximum absolute atomic E-state index is 6.04. The van der Waals surface area contributed by atoms with Crippen LogP contribution in [0.1, 0.15) is 23.1 Å². The molecule has 0 spiro atoms. The molecular weight excluding hydrogens is 244 g/mol. The molecule has 1 aliphatic heterocycles. The number of rotatable bonds is 4. The summed E-state index contributed by atoms with van der Waals surface area (Å²) in [5.74, 6) is 0. The van der Waals surface area contributed by atoms with Crippen molar-refractivity contribution in [2.75, 3.05) is 18.8 Å². The first-order valence-corrected chi connectivity index (χ1v) is 7.45. The van der Waals surface area contributed by atoms with Crippen molar-refractivity contribution in [2.24, 2.45) is 0 Å². The van der Waals surface area contributed by atoms with Crippen LogP contribution in [0.5, 0.6) is 0 Å². The van der Waals surface area contributed by atoms with Crippen LogP contribution in [0.25, 0.3) is 0 Å². The van der Waals surface area contributed by atoms with Gasteiger partial charge in [0.05, 0.1) is 0 Å². The fourth-order valence-corrected chi connectivity index (χ4v) is 3.04. The van der Waals surface area contributed by atoms with E-state index in [0.717, 1.165) is 25.2 Å². The summed E-state index contributed by atoms with van der Waals surface area (Å²) >= 11 is 0. The van der Waals surface area contributed by atoms with Gasteiger partial charge in [0.15, 0.2) is 0 Å². The molecular formula is C18H22N2. The lowest BCUT2D eigenvalue weighted by Gasteiger charge is -2.29. The normalized spacial score (nSPS) is 15.0. The van der Waals surface area contributed by atoms with Gasteiger partial charge in [-0.1, -0.05) is 42.5 Å². The van der Waals surface area contributed by atoms with Gasteiger partial charge in [-0.3, -0.25) is 4.90 Å². The fraction of sp³-hybridized carbons (Fsp3) is 0.333. The van der Waals surface area contributed by atoms with E-state index >= 15 is 0 Å². The predicted molar refractivity (Wildman–Crippen MR) is 84.6 cm³/mol. The van der Waals surface area contributed by atoms with E-state index in [1.807, 2.05) is 6.07 Å². The molecule has 3 rings (SSSR count). The molecule has 2 aromatic rings. The number of nitrogens with zero attached hydrogens (tertiary/aromatic N) is 1. The Morgan fingerprint density at radius 2 is 1.85 bits per heavy atom. The van der Waals surface area contributed by atoms with Crippen LogP contribution in [0.2, 0.25) is 0 Å². The largest absolute Gasteiger partial charge is 0.398 e. The van der Waals surface area contributed by atoms with Crippen LogP contribution in [-0.4, -0.2) is 18.0 Å². The second-order valence-electron chi connectivity index (χ2n) is 5.60.